The number of aromatic nitrogens is 4. The van der Waals surface area contributed by atoms with Crippen molar-refractivity contribution in [1.29, 1.82) is 5.26 Å². The van der Waals surface area contributed by atoms with E-state index < -0.39 is 0 Å². The van der Waals surface area contributed by atoms with E-state index in [1.54, 1.807) is 23.1 Å². The van der Waals surface area contributed by atoms with Crippen molar-refractivity contribution in [2.45, 2.75) is 6.54 Å². The molecule has 86 valence electrons. The van der Waals surface area contributed by atoms with Crippen LogP contribution in [-0.4, -0.2) is 26.5 Å². The molecule has 0 aliphatic carbocycles. The third-order valence-electron chi connectivity index (χ3n) is 2.04. The molecule has 0 aliphatic rings. The highest BCUT2D eigenvalue weighted by atomic mass is 35.5. The van der Waals surface area contributed by atoms with Gasteiger partial charge in [0.2, 0.25) is 0 Å². The van der Waals surface area contributed by atoms with Gasteiger partial charge in [0.1, 0.15) is 11.0 Å². The largest absolute Gasteiger partial charge is 0.368 e. The van der Waals surface area contributed by atoms with Crippen molar-refractivity contribution in [1.82, 2.24) is 20.0 Å². The monoisotopic (exact) mass is 248 g/mol. The van der Waals surface area contributed by atoms with Crippen LogP contribution < -0.4 is 5.32 Å². The average molecular weight is 249 g/mol. The first-order valence-electron chi connectivity index (χ1n) is 4.93. The Morgan fingerprint density at radius 3 is 3.06 bits per heavy atom. The lowest BCUT2D eigenvalue weighted by Gasteiger charge is -2.05. The lowest BCUT2D eigenvalue weighted by atomic mass is 10.3. The molecule has 0 saturated heterocycles. The van der Waals surface area contributed by atoms with E-state index in [2.05, 4.69) is 20.6 Å². The van der Waals surface area contributed by atoms with E-state index in [0.717, 1.165) is 0 Å². The van der Waals surface area contributed by atoms with Gasteiger partial charge in [-0.1, -0.05) is 16.8 Å². The van der Waals surface area contributed by atoms with Gasteiger partial charge < -0.3 is 5.32 Å². The van der Waals surface area contributed by atoms with Gasteiger partial charge >= 0.3 is 0 Å². The Labute approximate surface area is 103 Å². The molecule has 1 N–H and O–H groups in total. The van der Waals surface area contributed by atoms with Crippen molar-refractivity contribution in [3.05, 3.63) is 35.2 Å². The standard InChI is InChI=1S/C10H9ClN6/c11-9-5-8(7-12)6-10(15-9)13-1-3-17-4-2-14-16-17/h2,4-6H,1,3H2,(H,13,15). The van der Waals surface area contributed by atoms with Gasteiger partial charge in [-0.05, 0) is 12.1 Å². The molecular weight excluding hydrogens is 240 g/mol. The molecule has 2 rings (SSSR count). The molecule has 0 saturated carbocycles. The fourth-order valence-corrected chi connectivity index (χ4v) is 1.51. The van der Waals surface area contributed by atoms with Crippen molar-refractivity contribution >= 4 is 17.4 Å². The van der Waals surface area contributed by atoms with Crippen LogP contribution in [0, 0.1) is 11.3 Å². The minimum Gasteiger partial charge on any atom is -0.368 e. The smallest absolute Gasteiger partial charge is 0.132 e. The quantitative estimate of drug-likeness (QED) is 0.826. The molecule has 0 radical (unpaired) electrons. The molecular formula is C10H9ClN6. The predicted octanol–water partition coefficient (Wildman–Crippen LogP) is 1.31. The summed E-state index contributed by atoms with van der Waals surface area (Å²) >= 11 is 5.78. The highest BCUT2D eigenvalue weighted by molar-refractivity contribution is 6.29. The summed E-state index contributed by atoms with van der Waals surface area (Å²) in [7, 11) is 0. The number of nitrogens with zero attached hydrogens (tertiary/aromatic N) is 5. The molecule has 0 fully saturated rings. The lowest BCUT2D eigenvalue weighted by molar-refractivity contribution is 0.608. The second kappa shape index (κ2) is 5.27. The first-order chi connectivity index (χ1) is 8.28. The number of pyridine rings is 1. The van der Waals surface area contributed by atoms with Crippen LogP contribution in [-0.2, 0) is 6.54 Å². The van der Waals surface area contributed by atoms with Crippen LogP contribution in [0.2, 0.25) is 5.15 Å². The van der Waals surface area contributed by atoms with Gasteiger partial charge in [-0.2, -0.15) is 5.26 Å². The van der Waals surface area contributed by atoms with Crippen molar-refractivity contribution in [3.63, 3.8) is 0 Å². The summed E-state index contributed by atoms with van der Waals surface area (Å²) < 4.78 is 1.70. The van der Waals surface area contributed by atoms with E-state index in [4.69, 9.17) is 16.9 Å². The van der Waals surface area contributed by atoms with Gasteiger partial charge in [0.25, 0.3) is 0 Å². The normalized spacial score (nSPS) is 9.88. The van der Waals surface area contributed by atoms with Crippen molar-refractivity contribution < 1.29 is 0 Å². The third kappa shape index (κ3) is 3.16. The number of anilines is 1. The number of hydrogen-bond donors (Lipinski definition) is 1. The zero-order valence-electron chi connectivity index (χ0n) is 8.84. The molecule has 0 aromatic carbocycles. The van der Waals surface area contributed by atoms with E-state index in [1.807, 2.05) is 6.07 Å². The fraction of sp³-hybridized carbons (Fsp3) is 0.200. The summed E-state index contributed by atoms with van der Waals surface area (Å²) in [6.07, 6.45) is 3.39. The van der Waals surface area contributed by atoms with Crippen molar-refractivity contribution in [3.8, 4) is 6.07 Å². The van der Waals surface area contributed by atoms with Crippen LogP contribution in [0.25, 0.3) is 0 Å². The summed E-state index contributed by atoms with van der Waals surface area (Å²) in [5.74, 6) is 0.578. The second-order valence-electron chi connectivity index (χ2n) is 3.27. The molecule has 0 amide bonds. The van der Waals surface area contributed by atoms with Crippen molar-refractivity contribution in [2.24, 2.45) is 0 Å². The van der Waals surface area contributed by atoms with E-state index in [9.17, 15) is 0 Å². The van der Waals surface area contributed by atoms with Crippen LogP contribution in [0.5, 0.6) is 0 Å². The Morgan fingerprint density at radius 1 is 1.47 bits per heavy atom. The van der Waals surface area contributed by atoms with Gasteiger partial charge in [0.15, 0.2) is 0 Å². The maximum Gasteiger partial charge on any atom is 0.132 e. The number of halogens is 1. The molecule has 0 bridgehead atoms. The van der Waals surface area contributed by atoms with Gasteiger partial charge in [0, 0.05) is 12.7 Å². The summed E-state index contributed by atoms with van der Waals surface area (Å²) in [6, 6.07) is 5.18. The third-order valence-corrected chi connectivity index (χ3v) is 2.24. The molecule has 17 heavy (non-hydrogen) atoms. The highest BCUT2D eigenvalue weighted by Gasteiger charge is 2.00. The summed E-state index contributed by atoms with van der Waals surface area (Å²) in [5, 5.41) is 19.7. The number of rotatable bonds is 4. The molecule has 0 spiro atoms. The van der Waals surface area contributed by atoms with Crippen LogP contribution in [0.15, 0.2) is 24.5 Å². The first-order valence-corrected chi connectivity index (χ1v) is 5.31. The van der Waals surface area contributed by atoms with Crippen molar-refractivity contribution in [2.75, 3.05) is 11.9 Å². The van der Waals surface area contributed by atoms with E-state index >= 15 is 0 Å². The Hall–Kier alpha value is -2.13. The molecule has 0 unspecified atom stereocenters. The predicted molar refractivity (Wildman–Crippen MR) is 62.5 cm³/mol. The number of nitrogens with one attached hydrogen (secondary N) is 1. The Bertz CT molecular complexity index is 530. The maximum atomic E-state index is 8.78. The Morgan fingerprint density at radius 2 is 2.35 bits per heavy atom. The van der Waals surface area contributed by atoms with Crippen LogP contribution in [0.3, 0.4) is 0 Å². The van der Waals surface area contributed by atoms with E-state index in [0.29, 0.717) is 29.6 Å². The molecule has 7 heteroatoms. The zero-order chi connectivity index (χ0) is 12.1. The van der Waals surface area contributed by atoms with Gasteiger partial charge in [-0.25, -0.2) is 4.98 Å². The topological polar surface area (TPSA) is 79.4 Å². The van der Waals surface area contributed by atoms with Gasteiger partial charge in [-0.15, -0.1) is 5.10 Å². The van der Waals surface area contributed by atoms with E-state index in [1.165, 1.54) is 6.07 Å². The zero-order valence-corrected chi connectivity index (χ0v) is 9.59. The molecule has 6 nitrogen and oxygen atoms in total. The van der Waals surface area contributed by atoms with Gasteiger partial charge in [0.05, 0.1) is 24.4 Å². The Kier molecular flexibility index (Phi) is 3.52. The Balaban J connectivity index is 1.95. The van der Waals surface area contributed by atoms with Crippen LogP contribution in [0.1, 0.15) is 5.56 Å². The molecule has 2 heterocycles. The SMILES string of the molecule is N#Cc1cc(Cl)nc(NCCn2ccnn2)c1. The number of nitriles is 1. The minimum atomic E-state index is 0.298. The molecule has 2 aromatic rings. The van der Waals surface area contributed by atoms with Crippen LogP contribution >= 0.6 is 11.6 Å². The number of hydrogen-bond acceptors (Lipinski definition) is 5. The molecule has 0 aliphatic heterocycles. The highest BCUT2D eigenvalue weighted by Crippen LogP contribution is 2.13. The molecule has 0 atom stereocenters. The van der Waals surface area contributed by atoms with Gasteiger partial charge in [-0.3, -0.25) is 4.68 Å². The summed E-state index contributed by atoms with van der Waals surface area (Å²) in [4.78, 5) is 4.06. The van der Waals surface area contributed by atoms with Crippen LogP contribution in [0.4, 0.5) is 5.82 Å². The fourth-order valence-electron chi connectivity index (χ4n) is 1.30. The van der Waals surface area contributed by atoms with E-state index in [-0.39, 0.29) is 0 Å². The molecule has 2 aromatic heterocycles. The lowest BCUT2D eigenvalue weighted by Crippen LogP contribution is -2.12. The maximum absolute atomic E-state index is 8.78. The average Bonchev–Trinajstić information content (AvgIpc) is 2.81. The minimum absolute atomic E-state index is 0.298. The first kappa shape index (κ1) is 11.4. The summed E-state index contributed by atoms with van der Waals surface area (Å²) in [6.45, 7) is 1.29. The summed E-state index contributed by atoms with van der Waals surface area (Å²) in [5.41, 5.74) is 0.480. The second-order valence-corrected chi connectivity index (χ2v) is 3.66.